The molecule has 190 valence electrons. The number of nitrogens with two attached hydrogens (primary N) is 1. The molecule has 0 aromatic heterocycles. The molecule has 0 radical (unpaired) electrons. The first-order valence-electron chi connectivity index (χ1n) is 12.0. The van der Waals surface area contributed by atoms with Gasteiger partial charge < -0.3 is 10.6 Å². The number of nitrogen functional groups attached to an aromatic ring is 1. The molecular weight excluding hydrogens is 486 g/mol. The third-order valence-corrected chi connectivity index (χ3v) is 7.66. The number of benzene rings is 4. The second-order valence-electron chi connectivity index (χ2n) is 8.84. The summed E-state index contributed by atoms with van der Waals surface area (Å²) in [7, 11) is -4.23. The van der Waals surface area contributed by atoms with Gasteiger partial charge in [0.05, 0.1) is 4.90 Å². The molecule has 0 fully saturated rings. The molecule has 0 aliphatic heterocycles. The lowest BCUT2D eigenvalue weighted by molar-refractivity contribution is -0.132. The van der Waals surface area contributed by atoms with Crippen LogP contribution in [0.2, 0.25) is 0 Å². The SMILES string of the molecule is CCN(C(=O)C(Cc1ccc(C)c(N)c1)C(=O)NS(=O)(=O)c1ccc2ccccc2c1)c1ccccc1. The van der Waals surface area contributed by atoms with Gasteiger partial charge in [0.2, 0.25) is 11.8 Å². The van der Waals surface area contributed by atoms with Crippen molar-refractivity contribution in [2.75, 3.05) is 17.2 Å². The Kier molecular flexibility index (Phi) is 7.59. The van der Waals surface area contributed by atoms with Crippen LogP contribution < -0.4 is 15.4 Å². The van der Waals surface area contributed by atoms with E-state index in [0.29, 0.717) is 23.5 Å². The highest BCUT2D eigenvalue weighted by Crippen LogP contribution is 2.23. The van der Waals surface area contributed by atoms with Crippen LogP contribution in [0.15, 0.2) is 95.9 Å². The third-order valence-electron chi connectivity index (χ3n) is 6.31. The number of rotatable bonds is 8. The highest BCUT2D eigenvalue weighted by atomic mass is 32.2. The number of nitrogens with one attached hydrogen (secondary N) is 1. The zero-order valence-electron chi connectivity index (χ0n) is 20.7. The Labute approximate surface area is 217 Å². The minimum atomic E-state index is -4.23. The van der Waals surface area contributed by atoms with Gasteiger partial charge in [0.25, 0.3) is 10.0 Å². The van der Waals surface area contributed by atoms with Gasteiger partial charge in [-0.2, -0.15) is 0 Å². The molecule has 2 amide bonds. The summed E-state index contributed by atoms with van der Waals surface area (Å²) in [5.74, 6) is -2.69. The second-order valence-corrected chi connectivity index (χ2v) is 10.5. The minimum Gasteiger partial charge on any atom is -0.399 e. The molecule has 4 rings (SSSR count). The van der Waals surface area contributed by atoms with E-state index in [9.17, 15) is 18.0 Å². The topological polar surface area (TPSA) is 110 Å². The van der Waals surface area contributed by atoms with Gasteiger partial charge in [-0.1, -0.05) is 60.7 Å². The largest absolute Gasteiger partial charge is 0.399 e. The zero-order valence-corrected chi connectivity index (χ0v) is 21.5. The highest BCUT2D eigenvalue weighted by Gasteiger charge is 2.34. The number of nitrogens with zero attached hydrogens (tertiary/aromatic N) is 1. The molecule has 8 heteroatoms. The summed E-state index contributed by atoms with van der Waals surface area (Å²) in [5.41, 5.74) is 8.73. The van der Waals surface area contributed by atoms with Crippen molar-refractivity contribution in [2.24, 2.45) is 5.92 Å². The maximum Gasteiger partial charge on any atom is 0.264 e. The summed E-state index contributed by atoms with van der Waals surface area (Å²) in [4.78, 5) is 28.6. The molecule has 0 saturated heterocycles. The maximum atomic E-state index is 13.7. The monoisotopic (exact) mass is 515 g/mol. The van der Waals surface area contributed by atoms with Crippen LogP contribution in [0.5, 0.6) is 0 Å². The fourth-order valence-electron chi connectivity index (χ4n) is 4.20. The van der Waals surface area contributed by atoms with Crippen LogP contribution in [0, 0.1) is 12.8 Å². The van der Waals surface area contributed by atoms with E-state index in [1.807, 2.05) is 37.3 Å². The van der Waals surface area contributed by atoms with Crippen molar-refractivity contribution in [1.82, 2.24) is 4.72 Å². The molecule has 0 aliphatic carbocycles. The number of anilines is 2. The Morgan fingerprint density at radius 3 is 2.24 bits per heavy atom. The Balaban J connectivity index is 1.67. The number of hydrogen-bond acceptors (Lipinski definition) is 5. The molecule has 3 N–H and O–H groups in total. The van der Waals surface area contributed by atoms with E-state index in [-0.39, 0.29) is 11.3 Å². The molecule has 0 saturated carbocycles. The molecule has 0 bridgehead atoms. The van der Waals surface area contributed by atoms with Gasteiger partial charge in [0.1, 0.15) is 5.92 Å². The molecule has 1 unspecified atom stereocenters. The maximum absolute atomic E-state index is 13.7. The summed E-state index contributed by atoms with van der Waals surface area (Å²) in [6.45, 7) is 3.97. The van der Waals surface area contributed by atoms with E-state index < -0.39 is 27.8 Å². The predicted octanol–water partition coefficient (Wildman–Crippen LogP) is 4.45. The van der Waals surface area contributed by atoms with E-state index in [2.05, 4.69) is 4.72 Å². The van der Waals surface area contributed by atoms with Crippen LogP contribution in [-0.2, 0) is 26.0 Å². The summed E-state index contributed by atoms with van der Waals surface area (Å²) in [6.07, 6.45) is -0.00821. The van der Waals surface area contributed by atoms with Gasteiger partial charge in [-0.05, 0) is 72.5 Å². The molecular formula is C29H29N3O4S. The smallest absolute Gasteiger partial charge is 0.264 e. The summed E-state index contributed by atoms with van der Waals surface area (Å²) >= 11 is 0. The predicted molar refractivity (Wildman–Crippen MR) is 147 cm³/mol. The van der Waals surface area contributed by atoms with Crippen molar-refractivity contribution in [3.05, 3.63) is 102 Å². The highest BCUT2D eigenvalue weighted by molar-refractivity contribution is 7.90. The first-order chi connectivity index (χ1) is 17.7. The standard InChI is InChI=1S/C29H29N3O4S/c1-3-32(24-11-5-4-6-12-24)29(34)26(17-21-14-13-20(2)27(30)18-21)28(33)31-37(35,36)25-16-15-22-9-7-8-10-23(22)19-25/h4-16,18-19,26H,3,17,30H2,1-2H3,(H,31,33). The fraction of sp³-hybridized carbons (Fsp3) is 0.172. The summed E-state index contributed by atoms with van der Waals surface area (Å²) in [6, 6.07) is 26.2. The number of amides is 2. The van der Waals surface area contributed by atoms with Crippen LogP contribution in [0.1, 0.15) is 18.1 Å². The van der Waals surface area contributed by atoms with Gasteiger partial charge >= 0.3 is 0 Å². The fourth-order valence-corrected chi connectivity index (χ4v) is 5.26. The van der Waals surface area contributed by atoms with Crippen molar-refractivity contribution in [3.63, 3.8) is 0 Å². The van der Waals surface area contributed by atoms with Gasteiger partial charge in [-0.3, -0.25) is 9.59 Å². The van der Waals surface area contributed by atoms with Crippen molar-refractivity contribution >= 4 is 44.0 Å². The third kappa shape index (κ3) is 5.81. The minimum absolute atomic E-state index is 0.00821. The van der Waals surface area contributed by atoms with Crippen LogP contribution >= 0.6 is 0 Å². The number of para-hydroxylation sites is 1. The zero-order chi connectivity index (χ0) is 26.6. The molecule has 4 aromatic carbocycles. The van der Waals surface area contributed by atoms with Gasteiger partial charge in [0, 0.05) is 17.9 Å². The Morgan fingerprint density at radius 2 is 1.57 bits per heavy atom. The van der Waals surface area contributed by atoms with Crippen LogP contribution in [0.25, 0.3) is 10.8 Å². The van der Waals surface area contributed by atoms with Crippen LogP contribution in [0.4, 0.5) is 11.4 Å². The first-order valence-corrected chi connectivity index (χ1v) is 13.4. The summed E-state index contributed by atoms with van der Waals surface area (Å²) in [5, 5.41) is 1.60. The average Bonchev–Trinajstić information content (AvgIpc) is 2.89. The normalized spacial score (nSPS) is 12.2. The lowest BCUT2D eigenvalue weighted by Gasteiger charge is -2.26. The van der Waals surface area contributed by atoms with Gasteiger partial charge in [0.15, 0.2) is 0 Å². The van der Waals surface area contributed by atoms with Crippen molar-refractivity contribution < 1.29 is 18.0 Å². The first kappa shape index (κ1) is 25.9. The van der Waals surface area contributed by atoms with E-state index in [0.717, 1.165) is 16.3 Å². The molecule has 0 spiro atoms. The Morgan fingerprint density at radius 1 is 0.892 bits per heavy atom. The van der Waals surface area contributed by atoms with E-state index >= 15 is 0 Å². The average molecular weight is 516 g/mol. The Bertz CT molecular complexity index is 1550. The Hall–Kier alpha value is -4.17. The number of carbonyl (C=O) groups is 2. The van der Waals surface area contributed by atoms with Gasteiger partial charge in [-0.25, -0.2) is 13.1 Å². The molecule has 0 heterocycles. The van der Waals surface area contributed by atoms with Crippen molar-refractivity contribution in [2.45, 2.75) is 25.2 Å². The number of fused-ring (bicyclic) bond motifs is 1. The van der Waals surface area contributed by atoms with E-state index in [1.54, 1.807) is 55.5 Å². The molecule has 1 atom stereocenters. The lowest BCUT2D eigenvalue weighted by atomic mass is 9.95. The number of aryl methyl sites for hydroxylation is 1. The molecule has 7 nitrogen and oxygen atoms in total. The van der Waals surface area contributed by atoms with Crippen LogP contribution in [-0.4, -0.2) is 26.8 Å². The van der Waals surface area contributed by atoms with Crippen LogP contribution in [0.3, 0.4) is 0 Å². The number of hydrogen-bond donors (Lipinski definition) is 2. The number of sulfonamides is 1. The van der Waals surface area contributed by atoms with Crippen molar-refractivity contribution in [1.29, 1.82) is 0 Å². The van der Waals surface area contributed by atoms with Crippen molar-refractivity contribution in [3.8, 4) is 0 Å². The quantitative estimate of drug-likeness (QED) is 0.266. The lowest BCUT2D eigenvalue weighted by Crippen LogP contribution is -2.46. The molecule has 0 aliphatic rings. The molecule has 37 heavy (non-hydrogen) atoms. The van der Waals surface area contributed by atoms with E-state index in [4.69, 9.17) is 5.73 Å². The summed E-state index contributed by atoms with van der Waals surface area (Å²) < 4.78 is 28.5. The van der Waals surface area contributed by atoms with Gasteiger partial charge in [-0.15, -0.1) is 0 Å². The molecule has 4 aromatic rings. The second kappa shape index (κ2) is 10.8. The van der Waals surface area contributed by atoms with E-state index in [1.165, 1.54) is 17.0 Å². The number of carbonyl (C=O) groups excluding carboxylic acids is 2.